The number of aliphatic hydroxyl groups is 1. The molecule has 0 saturated carbocycles. The number of rotatable bonds is 4. The highest BCUT2D eigenvalue weighted by atomic mass is 79.9. The standard InChI is InChI=1S/C10H13BrClNO2/c1-6-5-7(11)9(10(12)13-6)8(14)3-4-15-2/h5,8,14H,3-4H2,1-2H3/i2D3. The molecule has 3 nitrogen and oxygen atoms in total. The molecule has 1 unspecified atom stereocenters. The van der Waals surface area contributed by atoms with Gasteiger partial charge >= 0.3 is 0 Å². The zero-order valence-electron chi connectivity index (χ0n) is 11.1. The van der Waals surface area contributed by atoms with Gasteiger partial charge in [0, 0.05) is 35.8 Å². The first-order chi connectivity index (χ1) is 8.20. The van der Waals surface area contributed by atoms with Crippen molar-refractivity contribution < 1.29 is 14.0 Å². The summed E-state index contributed by atoms with van der Waals surface area (Å²) < 4.78 is 25.9. The smallest absolute Gasteiger partial charge is 0.136 e. The van der Waals surface area contributed by atoms with E-state index in [-0.39, 0.29) is 18.2 Å². The fraction of sp³-hybridized carbons (Fsp3) is 0.500. The Bertz CT molecular complexity index is 405. The van der Waals surface area contributed by atoms with Crippen LogP contribution in [0.15, 0.2) is 10.5 Å². The Morgan fingerprint density at radius 1 is 1.80 bits per heavy atom. The van der Waals surface area contributed by atoms with Gasteiger partial charge in [0.25, 0.3) is 0 Å². The van der Waals surface area contributed by atoms with Crippen molar-refractivity contribution in [1.29, 1.82) is 0 Å². The normalized spacial score (nSPS) is 16.7. The van der Waals surface area contributed by atoms with Crippen LogP contribution in [0, 0.1) is 6.92 Å². The molecule has 0 radical (unpaired) electrons. The predicted molar refractivity (Wildman–Crippen MR) is 63.1 cm³/mol. The molecular weight excluding hydrogens is 281 g/mol. The van der Waals surface area contributed by atoms with E-state index in [9.17, 15) is 5.11 Å². The molecule has 0 aliphatic rings. The Balaban J connectivity index is 2.70. The SMILES string of the molecule is [2H]C([2H])([2H])OCCC(O)c1c(Br)cc(C)nc1Cl. The van der Waals surface area contributed by atoms with E-state index in [2.05, 4.69) is 25.7 Å². The molecule has 0 amide bonds. The van der Waals surface area contributed by atoms with Crippen molar-refractivity contribution in [2.24, 2.45) is 0 Å². The average Bonchev–Trinajstić information content (AvgIpc) is 2.13. The summed E-state index contributed by atoms with van der Waals surface area (Å²) in [6.07, 6.45) is -0.802. The number of aromatic nitrogens is 1. The fourth-order valence-corrected chi connectivity index (χ4v) is 2.48. The zero-order valence-corrected chi connectivity index (χ0v) is 10.5. The number of aryl methyl sites for hydroxylation is 1. The summed E-state index contributed by atoms with van der Waals surface area (Å²) in [7, 11) is -2.45. The molecule has 1 aromatic rings. The molecule has 0 aromatic carbocycles. The van der Waals surface area contributed by atoms with Gasteiger partial charge in [0.2, 0.25) is 0 Å². The second-order valence-electron chi connectivity index (χ2n) is 3.10. The average molecular weight is 298 g/mol. The Labute approximate surface area is 107 Å². The van der Waals surface area contributed by atoms with Crippen LogP contribution in [0.2, 0.25) is 5.15 Å². The van der Waals surface area contributed by atoms with E-state index in [1.807, 2.05) is 0 Å². The van der Waals surface area contributed by atoms with Crippen molar-refractivity contribution in [1.82, 2.24) is 4.98 Å². The van der Waals surface area contributed by atoms with Crippen LogP contribution in [0.4, 0.5) is 0 Å². The van der Waals surface area contributed by atoms with Crippen molar-refractivity contribution in [3.05, 3.63) is 26.9 Å². The molecule has 0 saturated heterocycles. The number of nitrogens with zero attached hydrogens (tertiary/aromatic N) is 1. The first kappa shape index (κ1) is 8.93. The molecule has 1 N–H and O–H groups in total. The molecule has 5 heteroatoms. The van der Waals surface area contributed by atoms with E-state index in [1.165, 1.54) is 0 Å². The van der Waals surface area contributed by atoms with Gasteiger partial charge in [0.05, 0.1) is 10.2 Å². The van der Waals surface area contributed by atoms with Crippen molar-refractivity contribution >= 4 is 27.5 Å². The van der Waals surface area contributed by atoms with Crippen LogP contribution in [0.1, 0.15) is 27.9 Å². The second kappa shape index (κ2) is 5.80. The third kappa shape index (κ3) is 3.41. The third-order valence-electron chi connectivity index (χ3n) is 1.92. The van der Waals surface area contributed by atoms with Gasteiger partial charge in [-0.1, -0.05) is 27.5 Å². The topological polar surface area (TPSA) is 42.4 Å². The Hall–Kier alpha value is -0.160. The van der Waals surface area contributed by atoms with Gasteiger partial charge in [-0.05, 0) is 13.0 Å². The lowest BCUT2D eigenvalue weighted by atomic mass is 10.1. The van der Waals surface area contributed by atoms with Crippen molar-refractivity contribution in [2.75, 3.05) is 13.6 Å². The lowest BCUT2D eigenvalue weighted by molar-refractivity contribution is 0.110. The van der Waals surface area contributed by atoms with E-state index in [0.29, 0.717) is 10.0 Å². The van der Waals surface area contributed by atoms with E-state index >= 15 is 0 Å². The highest BCUT2D eigenvalue weighted by molar-refractivity contribution is 9.10. The number of hydrogen-bond acceptors (Lipinski definition) is 3. The molecule has 0 spiro atoms. The Morgan fingerprint density at radius 3 is 3.13 bits per heavy atom. The zero-order chi connectivity index (χ0) is 13.9. The molecule has 0 fully saturated rings. The van der Waals surface area contributed by atoms with Gasteiger partial charge in [-0.2, -0.15) is 0 Å². The minimum Gasteiger partial charge on any atom is -0.388 e. The molecule has 84 valence electrons. The van der Waals surface area contributed by atoms with E-state index in [0.717, 1.165) is 5.69 Å². The van der Waals surface area contributed by atoms with Crippen LogP contribution < -0.4 is 0 Å². The summed E-state index contributed by atoms with van der Waals surface area (Å²) in [6.45, 7) is 1.69. The lowest BCUT2D eigenvalue weighted by Gasteiger charge is -2.14. The summed E-state index contributed by atoms with van der Waals surface area (Å²) in [5.41, 5.74) is 1.16. The number of methoxy groups -OCH3 is 1. The highest BCUT2D eigenvalue weighted by Crippen LogP contribution is 2.31. The first-order valence-electron chi connectivity index (χ1n) is 5.85. The maximum absolute atomic E-state index is 9.95. The Morgan fingerprint density at radius 2 is 2.53 bits per heavy atom. The molecule has 0 aliphatic carbocycles. The number of hydrogen-bond donors (Lipinski definition) is 1. The van der Waals surface area contributed by atoms with E-state index in [4.69, 9.17) is 15.7 Å². The second-order valence-corrected chi connectivity index (χ2v) is 4.32. The molecule has 0 bridgehead atoms. The third-order valence-corrected chi connectivity index (χ3v) is 2.86. The number of halogens is 2. The van der Waals surface area contributed by atoms with Crippen LogP contribution in [0.25, 0.3) is 0 Å². The summed E-state index contributed by atoms with van der Waals surface area (Å²) in [5, 5.41) is 10.1. The van der Waals surface area contributed by atoms with Crippen LogP contribution in [0.5, 0.6) is 0 Å². The van der Waals surface area contributed by atoms with Gasteiger partial charge in [-0.25, -0.2) is 4.98 Å². The maximum atomic E-state index is 9.95. The molecule has 1 heterocycles. The van der Waals surface area contributed by atoms with Crippen molar-refractivity contribution in [3.63, 3.8) is 0 Å². The molecular formula is C10H13BrClNO2. The number of aliphatic hydroxyl groups excluding tert-OH is 1. The van der Waals surface area contributed by atoms with Gasteiger partial charge in [0.15, 0.2) is 0 Å². The van der Waals surface area contributed by atoms with Crippen LogP contribution >= 0.6 is 27.5 Å². The summed E-state index contributed by atoms with van der Waals surface area (Å²) in [5.74, 6) is 0. The highest BCUT2D eigenvalue weighted by Gasteiger charge is 2.16. The molecule has 0 aliphatic heterocycles. The molecule has 1 rings (SSSR count). The van der Waals surface area contributed by atoms with Crippen LogP contribution in [0.3, 0.4) is 0 Å². The lowest BCUT2D eigenvalue weighted by Crippen LogP contribution is -2.05. The van der Waals surface area contributed by atoms with Gasteiger partial charge in [-0.15, -0.1) is 0 Å². The minimum absolute atomic E-state index is 0.0890. The Kier molecular flexibility index (Phi) is 3.45. The number of pyridine rings is 1. The maximum Gasteiger partial charge on any atom is 0.136 e. The van der Waals surface area contributed by atoms with Crippen molar-refractivity contribution in [3.8, 4) is 0 Å². The van der Waals surface area contributed by atoms with Gasteiger partial charge in [-0.3, -0.25) is 0 Å². The predicted octanol–water partition coefficient (Wildman–Crippen LogP) is 2.88. The minimum atomic E-state index is -2.45. The first-order valence-corrected chi connectivity index (χ1v) is 5.52. The molecule has 15 heavy (non-hydrogen) atoms. The molecule has 1 aromatic heterocycles. The van der Waals surface area contributed by atoms with Gasteiger partial charge < -0.3 is 9.84 Å². The van der Waals surface area contributed by atoms with Crippen molar-refractivity contribution in [2.45, 2.75) is 19.4 Å². The molecule has 1 atom stereocenters. The quantitative estimate of drug-likeness (QED) is 0.869. The largest absolute Gasteiger partial charge is 0.388 e. The monoisotopic (exact) mass is 296 g/mol. The summed E-state index contributed by atoms with van der Waals surface area (Å²) >= 11 is 9.24. The van der Waals surface area contributed by atoms with Crippen LogP contribution in [-0.2, 0) is 4.74 Å². The summed E-state index contributed by atoms with van der Waals surface area (Å²) in [6, 6.07) is 1.73. The van der Waals surface area contributed by atoms with Crippen LogP contribution in [-0.4, -0.2) is 23.7 Å². The van der Waals surface area contributed by atoms with Gasteiger partial charge in [0.1, 0.15) is 5.15 Å². The van der Waals surface area contributed by atoms with E-state index < -0.39 is 13.1 Å². The fourth-order valence-electron chi connectivity index (χ4n) is 1.22. The van der Waals surface area contributed by atoms with E-state index in [1.54, 1.807) is 13.0 Å². The number of ether oxygens (including phenoxy) is 1. The summed E-state index contributed by atoms with van der Waals surface area (Å²) in [4.78, 5) is 4.04.